The van der Waals surface area contributed by atoms with Gasteiger partial charge >= 0.3 is 5.97 Å². The number of rotatable bonds is 3. The standard InChI is InChI=1S/C16H17NO2S/c1-10-4-5-11(2)14(8-10)20-15-9-12(16(18)19-3)6-7-13(15)17/h4-9H,17H2,1-3H3. The molecule has 4 heteroatoms. The highest BCUT2D eigenvalue weighted by Crippen LogP contribution is 2.35. The number of hydrogen-bond acceptors (Lipinski definition) is 4. The average molecular weight is 287 g/mol. The van der Waals surface area contributed by atoms with Gasteiger partial charge < -0.3 is 10.5 Å². The molecule has 0 radical (unpaired) electrons. The molecule has 104 valence electrons. The zero-order valence-electron chi connectivity index (χ0n) is 11.8. The van der Waals surface area contributed by atoms with Gasteiger partial charge in [0.05, 0.1) is 12.7 Å². The van der Waals surface area contributed by atoms with Crippen LogP contribution in [-0.2, 0) is 4.74 Å². The second-order valence-electron chi connectivity index (χ2n) is 4.62. The van der Waals surface area contributed by atoms with Gasteiger partial charge in [-0.05, 0) is 49.2 Å². The van der Waals surface area contributed by atoms with Crippen LogP contribution in [0.1, 0.15) is 21.5 Å². The van der Waals surface area contributed by atoms with Gasteiger partial charge in [-0.15, -0.1) is 0 Å². The first kappa shape index (κ1) is 14.5. The Hall–Kier alpha value is -1.94. The molecule has 2 N–H and O–H groups in total. The summed E-state index contributed by atoms with van der Waals surface area (Å²) in [5, 5.41) is 0. The molecule has 0 bridgehead atoms. The molecule has 0 heterocycles. The molecule has 0 aliphatic carbocycles. The van der Waals surface area contributed by atoms with Crippen LogP contribution in [-0.4, -0.2) is 13.1 Å². The molecule has 0 saturated carbocycles. The summed E-state index contributed by atoms with van der Waals surface area (Å²) in [6, 6.07) is 11.5. The van der Waals surface area contributed by atoms with Crippen molar-refractivity contribution in [1.29, 1.82) is 0 Å². The highest BCUT2D eigenvalue weighted by atomic mass is 32.2. The molecule has 0 unspecified atom stereocenters. The van der Waals surface area contributed by atoms with Crippen molar-refractivity contribution in [2.24, 2.45) is 0 Å². The van der Waals surface area contributed by atoms with E-state index in [4.69, 9.17) is 10.5 Å². The number of nitrogen functional groups attached to an aromatic ring is 1. The SMILES string of the molecule is COC(=O)c1ccc(N)c(Sc2cc(C)ccc2C)c1. The van der Waals surface area contributed by atoms with Gasteiger partial charge in [-0.1, -0.05) is 23.9 Å². The summed E-state index contributed by atoms with van der Waals surface area (Å²) in [4.78, 5) is 13.6. The number of anilines is 1. The smallest absolute Gasteiger partial charge is 0.337 e. The number of aryl methyl sites for hydroxylation is 2. The third-order valence-electron chi connectivity index (χ3n) is 3.00. The van der Waals surface area contributed by atoms with E-state index in [-0.39, 0.29) is 5.97 Å². The number of carbonyl (C=O) groups is 1. The molecule has 2 aromatic rings. The minimum Gasteiger partial charge on any atom is -0.465 e. The Morgan fingerprint density at radius 2 is 1.85 bits per heavy atom. The maximum atomic E-state index is 11.6. The van der Waals surface area contributed by atoms with Crippen LogP contribution < -0.4 is 5.73 Å². The van der Waals surface area contributed by atoms with Gasteiger partial charge in [0, 0.05) is 15.5 Å². The van der Waals surface area contributed by atoms with Gasteiger partial charge in [0.2, 0.25) is 0 Å². The second kappa shape index (κ2) is 6.01. The normalized spacial score (nSPS) is 10.3. The fourth-order valence-corrected chi connectivity index (χ4v) is 2.89. The van der Waals surface area contributed by atoms with Crippen LogP contribution in [0.3, 0.4) is 0 Å². The molecule has 0 spiro atoms. The molecule has 0 aliphatic rings. The Labute approximate surface area is 123 Å². The van der Waals surface area contributed by atoms with Crippen LogP contribution >= 0.6 is 11.8 Å². The van der Waals surface area contributed by atoms with E-state index in [0.29, 0.717) is 11.3 Å². The number of methoxy groups -OCH3 is 1. The van der Waals surface area contributed by atoms with Crippen molar-refractivity contribution in [1.82, 2.24) is 0 Å². The van der Waals surface area contributed by atoms with Crippen molar-refractivity contribution in [2.75, 3.05) is 12.8 Å². The van der Waals surface area contributed by atoms with Crippen LogP contribution in [0.5, 0.6) is 0 Å². The van der Waals surface area contributed by atoms with E-state index >= 15 is 0 Å². The van der Waals surface area contributed by atoms with E-state index in [1.54, 1.807) is 30.0 Å². The first-order valence-corrected chi connectivity index (χ1v) is 7.06. The Balaban J connectivity index is 2.37. The first-order chi connectivity index (χ1) is 9.51. The van der Waals surface area contributed by atoms with Crippen LogP contribution in [0.4, 0.5) is 5.69 Å². The number of esters is 1. The maximum absolute atomic E-state index is 11.6. The summed E-state index contributed by atoms with van der Waals surface area (Å²) in [5.41, 5.74) is 9.54. The number of carbonyl (C=O) groups excluding carboxylic acids is 1. The second-order valence-corrected chi connectivity index (χ2v) is 5.70. The number of hydrogen-bond donors (Lipinski definition) is 1. The summed E-state index contributed by atoms with van der Waals surface area (Å²) < 4.78 is 4.74. The molecule has 0 fully saturated rings. The van der Waals surface area contributed by atoms with E-state index in [1.807, 2.05) is 0 Å². The molecule has 0 aliphatic heterocycles. The predicted molar refractivity (Wildman–Crippen MR) is 82.2 cm³/mol. The van der Waals surface area contributed by atoms with Crippen LogP contribution in [0.15, 0.2) is 46.2 Å². The lowest BCUT2D eigenvalue weighted by Crippen LogP contribution is -2.02. The van der Waals surface area contributed by atoms with E-state index < -0.39 is 0 Å². The lowest BCUT2D eigenvalue weighted by molar-refractivity contribution is 0.0600. The number of benzene rings is 2. The van der Waals surface area contributed by atoms with Crippen LogP contribution in [0.25, 0.3) is 0 Å². The van der Waals surface area contributed by atoms with Gasteiger partial charge in [0.1, 0.15) is 0 Å². The third kappa shape index (κ3) is 3.14. The van der Waals surface area contributed by atoms with Crippen LogP contribution in [0.2, 0.25) is 0 Å². The molecular weight excluding hydrogens is 270 g/mol. The molecular formula is C16H17NO2S. The van der Waals surface area contributed by atoms with E-state index in [0.717, 1.165) is 9.79 Å². The van der Waals surface area contributed by atoms with Crippen molar-refractivity contribution in [2.45, 2.75) is 23.6 Å². The minimum atomic E-state index is -0.354. The highest BCUT2D eigenvalue weighted by molar-refractivity contribution is 7.99. The zero-order chi connectivity index (χ0) is 14.7. The summed E-state index contributed by atoms with van der Waals surface area (Å²) in [5.74, 6) is -0.354. The van der Waals surface area contributed by atoms with E-state index in [9.17, 15) is 4.79 Å². The van der Waals surface area contributed by atoms with Crippen molar-refractivity contribution < 1.29 is 9.53 Å². The largest absolute Gasteiger partial charge is 0.465 e. The Morgan fingerprint density at radius 1 is 1.10 bits per heavy atom. The molecule has 0 saturated heterocycles. The van der Waals surface area contributed by atoms with Crippen molar-refractivity contribution in [3.05, 3.63) is 53.1 Å². The Morgan fingerprint density at radius 3 is 2.55 bits per heavy atom. The minimum absolute atomic E-state index is 0.354. The van der Waals surface area contributed by atoms with Gasteiger partial charge in [-0.3, -0.25) is 0 Å². The molecule has 0 atom stereocenters. The highest BCUT2D eigenvalue weighted by Gasteiger charge is 2.10. The third-order valence-corrected chi connectivity index (χ3v) is 4.23. The molecule has 3 nitrogen and oxygen atoms in total. The zero-order valence-corrected chi connectivity index (χ0v) is 12.6. The fourth-order valence-electron chi connectivity index (χ4n) is 1.80. The summed E-state index contributed by atoms with van der Waals surface area (Å²) >= 11 is 1.56. The Kier molecular flexibility index (Phi) is 4.35. The number of ether oxygens (including phenoxy) is 1. The van der Waals surface area contributed by atoms with Crippen LogP contribution in [0, 0.1) is 13.8 Å². The monoisotopic (exact) mass is 287 g/mol. The molecule has 0 amide bonds. The summed E-state index contributed by atoms with van der Waals surface area (Å²) in [7, 11) is 1.37. The van der Waals surface area contributed by atoms with Crippen molar-refractivity contribution in [3.8, 4) is 0 Å². The van der Waals surface area contributed by atoms with Gasteiger partial charge in [0.25, 0.3) is 0 Å². The van der Waals surface area contributed by atoms with Crippen molar-refractivity contribution >= 4 is 23.4 Å². The van der Waals surface area contributed by atoms with E-state index in [2.05, 4.69) is 32.0 Å². The van der Waals surface area contributed by atoms with Gasteiger partial charge in [-0.2, -0.15) is 0 Å². The molecule has 2 rings (SSSR count). The molecule has 0 aromatic heterocycles. The predicted octanol–water partition coefficient (Wildman–Crippen LogP) is 3.82. The Bertz CT molecular complexity index is 653. The number of nitrogens with two attached hydrogens (primary N) is 1. The van der Waals surface area contributed by atoms with Crippen molar-refractivity contribution in [3.63, 3.8) is 0 Å². The summed E-state index contributed by atoms with van der Waals surface area (Å²) in [6.07, 6.45) is 0. The quantitative estimate of drug-likeness (QED) is 0.688. The van der Waals surface area contributed by atoms with E-state index in [1.165, 1.54) is 18.2 Å². The summed E-state index contributed by atoms with van der Waals surface area (Å²) in [6.45, 7) is 4.11. The maximum Gasteiger partial charge on any atom is 0.337 e. The molecule has 2 aromatic carbocycles. The lowest BCUT2D eigenvalue weighted by Gasteiger charge is -2.10. The fraction of sp³-hybridized carbons (Fsp3) is 0.188. The molecule has 20 heavy (non-hydrogen) atoms. The average Bonchev–Trinajstić information content (AvgIpc) is 2.44. The van der Waals surface area contributed by atoms with Gasteiger partial charge in [-0.25, -0.2) is 4.79 Å². The van der Waals surface area contributed by atoms with Gasteiger partial charge in [0.15, 0.2) is 0 Å². The lowest BCUT2D eigenvalue weighted by atomic mass is 10.2. The topological polar surface area (TPSA) is 52.3 Å². The first-order valence-electron chi connectivity index (χ1n) is 6.24.